The van der Waals surface area contributed by atoms with E-state index in [0.29, 0.717) is 11.3 Å². The predicted octanol–water partition coefficient (Wildman–Crippen LogP) is 1.26. The van der Waals surface area contributed by atoms with Gasteiger partial charge in [0, 0.05) is 5.56 Å². The molecular weight excluding hydrogens is 168 g/mol. The number of ether oxygens (including phenoxy) is 1. The number of carbonyl (C=O) groups excluding carboxylic acids is 1. The molecule has 1 N–H and O–H groups in total. The Balaban J connectivity index is 2.63. The second kappa shape index (κ2) is 4.62. The Morgan fingerprint density at radius 3 is 2.54 bits per heavy atom. The lowest BCUT2D eigenvalue weighted by Gasteiger charge is -2.11. The standard InChI is InChI=1S/C10H12O3/c1-8(6-11)13-10-4-2-9(7-12)3-5-10/h2-5,7-8,11H,6H2,1H3. The first-order valence-electron chi connectivity index (χ1n) is 4.09. The van der Waals surface area contributed by atoms with Crippen LogP contribution in [0.1, 0.15) is 17.3 Å². The lowest BCUT2D eigenvalue weighted by molar-refractivity contribution is 0.112. The number of benzene rings is 1. The van der Waals surface area contributed by atoms with Crippen molar-refractivity contribution in [1.29, 1.82) is 0 Å². The van der Waals surface area contributed by atoms with E-state index in [4.69, 9.17) is 9.84 Å². The van der Waals surface area contributed by atoms with Crippen molar-refractivity contribution >= 4 is 6.29 Å². The summed E-state index contributed by atoms with van der Waals surface area (Å²) in [4.78, 5) is 10.3. The fourth-order valence-electron chi connectivity index (χ4n) is 0.895. The van der Waals surface area contributed by atoms with E-state index in [0.717, 1.165) is 6.29 Å². The molecule has 1 rings (SSSR count). The normalized spacial score (nSPS) is 12.2. The number of rotatable bonds is 4. The van der Waals surface area contributed by atoms with Crippen molar-refractivity contribution in [2.75, 3.05) is 6.61 Å². The smallest absolute Gasteiger partial charge is 0.150 e. The molecule has 0 fully saturated rings. The van der Waals surface area contributed by atoms with Gasteiger partial charge in [-0.15, -0.1) is 0 Å². The van der Waals surface area contributed by atoms with Gasteiger partial charge in [-0.25, -0.2) is 0 Å². The van der Waals surface area contributed by atoms with E-state index in [1.54, 1.807) is 31.2 Å². The van der Waals surface area contributed by atoms with Gasteiger partial charge in [-0.2, -0.15) is 0 Å². The first-order valence-corrected chi connectivity index (χ1v) is 4.09. The molecule has 0 aliphatic carbocycles. The van der Waals surface area contributed by atoms with E-state index in [9.17, 15) is 4.79 Å². The summed E-state index contributed by atoms with van der Waals surface area (Å²) in [5.74, 6) is 0.659. The summed E-state index contributed by atoms with van der Waals surface area (Å²) in [5.41, 5.74) is 0.615. The third-order valence-electron chi connectivity index (χ3n) is 1.61. The van der Waals surface area contributed by atoms with Crippen molar-refractivity contribution in [2.24, 2.45) is 0 Å². The lowest BCUT2D eigenvalue weighted by atomic mass is 10.2. The van der Waals surface area contributed by atoms with Crippen LogP contribution in [0.5, 0.6) is 5.75 Å². The average Bonchev–Trinajstić information content (AvgIpc) is 2.19. The maximum atomic E-state index is 10.3. The molecule has 0 aromatic heterocycles. The highest BCUT2D eigenvalue weighted by molar-refractivity contribution is 5.74. The van der Waals surface area contributed by atoms with Gasteiger partial charge in [0.15, 0.2) is 0 Å². The van der Waals surface area contributed by atoms with Crippen molar-refractivity contribution < 1.29 is 14.6 Å². The van der Waals surface area contributed by atoms with Crippen LogP contribution in [-0.2, 0) is 0 Å². The van der Waals surface area contributed by atoms with Gasteiger partial charge >= 0.3 is 0 Å². The summed E-state index contributed by atoms with van der Waals surface area (Å²) in [5, 5.41) is 8.72. The monoisotopic (exact) mass is 180 g/mol. The number of aliphatic hydroxyl groups excluding tert-OH is 1. The van der Waals surface area contributed by atoms with Crippen LogP contribution in [-0.4, -0.2) is 24.1 Å². The Morgan fingerprint density at radius 1 is 1.46 bits per heavy atom. The van der Waals surface area contributed by atoms with E-state index in [-0.39, 0.29) is 12.7 Å². The molecule has 0 saturated carbocycles. The van der Waals surface area contributed by atoms with Gasteiger partial charge < -0.3 is 9.84 Å². The average molecular weight is 180 g/mol. The van der Waals surface area contributed by atoms with Gasteiger partial charge in [-0.05, 0) is 31.2 Å². The van der Waals surface area contributed by atoms with Gasteiger partial charge in [0.25, 0.3) is 0 Å². The fraction of sp³-hybridized carbons (Fsp3) is 0.300. The maximum absolute atomic E-state index is 10.3. The van der Waals surface area contributed by atoms with Crippen LogP contribution in [0.3, 0.4) is 0 Å². The number of hydrogen-bond acceptors (Lipinski definition) is 3. The molecule has 1 atom stereocenters. The van der Waals surface area contributed by atoms with E-state index < -0.39 is 0 Å². The summed E-state index contributed by atoms with van der Waals surface area (Å²) >= 11 is 0. The van der Waals surface area contributed by atoms with Crippen LogP contribution in [0, 0.1) is 0 Å². The Hall–Kier alpha value is -1.35. The molecule has 0 aliphatic heterocycles. The zero-order valence-electron chi connectivity index (χ0n) is 7.43. The van der Waals surface area contributed by atoms with Crippen molar-refractivity contribution in [3.8, 4) is 5.75 Å². The van der Waals surface area contributed by atoms with Crippen LogP contribution >= 0.6 is 0 Å². The SMILES string of the molecule is CC(CO)Oc1ccc(C=O)cc1. The molecule has 1 unspecified atom stereocenters. The molecule has 0 bridgehead atoms. The third-order valence-corrected chi connectivity index (χ3v) is 1.61. The Kier molecular flexibility index (Phi) is 3.46. The Labute approximate surface area is 77.0 Å². The van der Waals surface area contributed by atoms with E-state index in [1.165, 1.54) is 0 Å². The second-order valence-corrected chi connectivity index (χ2v) is 2.80. The highest BCUT2D eigenvalue weighted by Crippen LogP contribution is 2.12. The highest BCUT2D eigenvalue weighted by atomic mass is 16.5. The molecule has 3 nitrogen and oxygen atoms in total. The van der Waals surface area contributed by atoms with Crippen molar-refractivity contribution in [3.05, 3.63) is 29.8 Å². The van der Waals surface area contributed by atoms with Gasteiger partial charge in [0.05, 0.1) is 6.61 Å². The van der Waals surface area contributed by atoms with E-state index in [1.807, 2.05) is 0 Å². The predicted molar refractivity (Wildman–Crippen MR) is 49.0 cm³/mol. The maximum Gasteiger partial charge on any atom is 0.150 e. The molecule has 0 aliphatic rings. The topological polar surface area (TPSA) is 46.5 Å². The van der Waals surface area contributed by atoms with Gasteiger partial charge in [0.1, 0.15) is 18.1 Å². The zero-order chi connectivity index (χ0) is 9.68. The summed E-state index contributed by atoms with van der Waals surface area (Å²) in [6, 6.07) is 6.75. The molecule has 1 aromatic rings. The lowest BCUT2D eigenvalue weighted by Crippen LogP contribution is -2.16. The van der Waals surface area contributed by atoms with Crippen LogP contribution in [0.4, 0.5) is 0 Å². The van der Waals surface area contributed by atoms with Gasteiger partial charge in [-0.3, -0.25) is 4.79 Å². The molecule has 0 spiro atoms. The minimum Gasteiger partial charge on any atom is -0.488 e. The summed E-state index contributed by atoms with van der Waals surface area (Å²) in [7, 11) is 0. The van der Waals surface area contributed by atoms with Gasteiger partial charge in [0.2, 0.25) is 0 Å². The second-order valence-electron chi connectivity index (χ2n) is 2.80. The summed E-state index contributed by atoms with van der Waals surface area (Å²) in [6.07, 6.45) is 0.557. The number of aliphatic hydroxyl groups is 1. The number of carbonyl (C=O) groups is 1. The van der Waals surface area contributed by atoms with Crippen molar-refractivity contribution in [2.45, 2.75) is 13.0 Å². The molecule has 1 aromatic carbocycles. The van der Waals surface area contributed by atoms with Crippen molar-refractivity contribution in [3.63, 3.8) is 0 Å². The Morgan fingerprint density at radius 2 is 2.08 bits per heavy atom. The molecule has 3 heteroatoms. The molecule has 0 heterocycles. The zero-order valence-corrected chi connectivity index (χ0v) is 7.43. The Bertz CT molecular complexity index is 266. The van der Waals surface area contributed by atoms with Crippen LogP contribution < -0.4 is 4.74 Å². The van der Waals surface area contributed by atoms with Crippen LogP contribution in [0.15, 0.2) is 24.3 Å². The molecule has 13 heavy (non-hydrogen) atoms. The molecule has 70 valence electrons. The first-order chi connectivity index (χ1) is 6.26. The quantitative estimate of drug-likeness (QED) is 0.709. The van der Waals surface area contributed by atoms with Crippen molar-refractivity contribution in [1.82, 2.24) is 0 Å². The van der Waals surface area contributed by atoms with Crippen LogP contribution in [0.2, 0.25) is 0 Å². The first kappa shape index (κ1) is 9.74. The fourth-order valence-corrected chi connectivity index (χ4v) is 0.895. The van der Waals surface area contributed by atoms with Gasteiger partial charge in [-0.1, -0.05) is 0 Å². The third kappa shape index (κ3) is 2.87. The molecule has 0 saturated heterocycles. The van der Waals surface area contributed by atoms with Crippen LogP contribution in [0.25, 0.3) is 0 Å². The molecular formula is C10H12O3. The minimum absolute atomic E-state index is 0.0184. The molecule has 0 radical (unpaired) electrons. The summed E-state index contributed by atoms with van der Waals surface area (Å²) in [6.45, 7) is 1.75. The van der Waals surface area contributed by atoms with E-state index in [2.05, 4.69) is 0 Å². The number of aldehydes is 1. The summed E-state index contributed by atoms with van der Waals surface area (Å²) < 4.78 is 5.30. The number of hydrogen-bond donors (Lipinski definition) is 1. The van der Waals surface area contributed by atoms with E-state index >= 15 is 0 Å². The largest absolute Gasteiger partial charge is 0.488 e. The minimum atomic E-state index is -0.220. The highest BCUT2D eigenvalue weighted by Gasteiger charge is 2.00. The molecule has 0 amide bonds.